The van der Waals surface area contributed by atoms with Crippen molar-refractivity contribution in [3.05, 3.63) is 40.9 Å². The topological polar surface area (TPSA) is 83.5 Å². The Hall–Kier alpha value is -1.37. The molecule has 2 rings (SSSR count). The molecular weight excluding hydrogens is 290 g/mol. The second kappa shape index (κ2) is 4.96. The number of aromatic carboxylic acids is 1. The molecule has 0 saturated heterocycles. The van der Waals surface area contributed by atoms with Crippen molar-refractivity contribution in [1.82, 2.24) is 4.72 Å². The van der Waals surface area contributed by atoms with Crippen LogP contribution in [0.2, 0.25) is 5.02 Å². The summed E-state index contributed by atoms with van der Waals surface area (Å²) in [6.45, 7) is 4.05. The molecule has 102 valence electrons. The van der Waals surface area contributed by atoms with Gasteiger partial charge in [0.25, 0.3) is 0 Å². The van der Waals surface area contributed by atoms with Gasteiger partial charge in [0.15, 0.2) is 0 Å². The van der Waals surface area contributed by atoms with Crippen LogP contribution in [0.4, 0.5) is 0 Å². The number of rotatable bonds is 5. The summed E-state index contributed by atoms with van der Waals surface area (Å²) >= 11 is 5.74. The standard InChI is InChI=1S/C12H12ClNO4S/c1-7-4-8(7)6-14-19(17,18)9-2-3-10(12(15)16)11(13)5-9/h2-3,5,8,14H,1,4,6H2,(H,15,16). The molecule has 0 aliphatic heterocycles. The van der Waals surface area contributed by atoms with E-state index in [-0.39, 0.29) is 21.4 Å². The SMILES string of the molecule is C=C1CC1CNS(=O)(=O)c1ccc(C(=O)O)c(Cl)c1. The number of carboxylic acid groups (broad SMARTS) is 1. The molecule has 1 aromatic carbocycles. The van der Waals surface area contributed by atoms with Crippen LogP contribution in [0.1, 0.15) is 16.8 Å². The molecule has 1 aromatic rings. The molecule has 1 fully saturated rings. The molecule has 1 saturated carbocycles. The van der Waals surface area contributed by atoms with Gasteiger partial charge in [-0.05, 0) is 30.5 Å². The number of carbonyl (C=O) groups is 1. The lowest BCUT2D eigenvalue weighted by Crippen LogP contribution is -2.26. The lowest BCUT2D eigenvalue weighted by molar-refractivity contribution is 0.0697. The molecule has 0 radical (unpaired) electrons. The first-order valence-electron chi connectivity index (χ1n) is 5.51. The molecule has 0 heterocycles. The Morgan fingerprint density at radius 2 is 2.16 bits per heavy atom. The van der Waals surface area contributed by atoms with Gasteiger partial charge in [-0.25, -0.2) is 17.9 Å². The number of sulfonamides is 1. The highest BCUT2D eigenvalue weighted by Crippen LogP contribution is 2.35. The van der Waals surface area contributed by atoms with Crippen molar-refractivity contribution in [2.24, 2.45) is 5.92 Å². The van der Waals surface area contributed by atoms with Crippen molar-refractivity contribution >= 4 is 27.6 Å². The second-order valence-electron chi connectivity index (χ2n) is 4.36. The molecular formula is C12H12ClNO4S. The first kappa shape index (κ1) is 14.0. The predicted octanol–water partition coefficient (Wildman–Crippen LogP) is 1.89. The smallest absolute Gasteiger partial charge is 0.337 e. The van der Waals surface area contributed by atoms with Crippen molar-refractivity contribution in [1.29, 1.82) is 0 Å². The molecule has 0 aromatic heterocycles. The van der Waals surface area contributed by atoms with Gasteiger partial charge in [-0.1, -0.05) is 23.8 Å². The van der Waals surface area contributed by atoms with E-state index < -0.39 is 16.0 Å². The fraction of sp³-hybridized carbons (Fsp3) is 0.250. The highest BCUT2D eigenvalue weighted by Gasteiger charge is 2.29. The van der Waals surface area contributed by atoms with E-state index in [2.05, 4.69) is 11.3 Å². The average Bonchev–Trinajstić information content (AvgIpc) is 3.02. The van der Waals surface area contributed by atoms with Gasteiger partial charge in [0.1, 0.15) is 0 Å². The van der Waals surface area contributed by atoms with Crippen LogP contribution in [0.5, 0.6) is 0 Å². The first-order valence-corrected chi connectivity index (χ1v) is 7.37. The number of carboxylic acids is 1. The third-order valence-electron chi connectivity index (χ3n) is 2.93. The molecule has 0 spiro atoms. The summed E-state index contributed by atoms with van der Waals surface area (Å²) in [6, 6.07) is 3.53. The molecule has 1 unspecified atom stereocenters. The van der Waals surface area contributed by atoms with Gasteiger partial charge in [-0.2, -0.15) is 0 Å². The van der Waals surface area contributed by atoms with E-state index in [1.165, 1.54) is 12.1 Å². The van der Waals surface area contributed by atoms with Gasteiger partial charge in [0.2, 0.25) is 10.0 Å². The van der Waals surface area contributed by atoms with Crippen LogP contribution >= 0.6 is 11.6 Å². The maximum atomic E-state index is 12.0. The van der Waals surface area contributed by atoms with E-state index in [1.807, 2.05) is 0 Å². The van der Waals surface area contributed by atoms with E-state index in [4.69, 9.17) is 16.7 Å². The largest absolute Gasteiger partial charge is 0.478 e. The van der Waals surface area contributed by atoms with Crippen molar-refractivity contribution in [3.8, 4) is 0 Å². The van der Waals surface area contributed by atoms with Crippen molar-refractivity contribution in [2.75, 3.05) is 6.54 Å². The zero-order valence-corrected chi connectivity index (χ0v) is 11.5. The van der Waals surface area contributed by atoms with Crippen LogP contribution in [0.25, 0.3) is 0 Å². The van der Waals surface area contributed by atoms with Crippen LogP contribution < -0.4 is 4.72 Å². The number of halogens is 1. The minimum absolute atomic E-state index is 0.0474. The Morgan fingerprint density at radius 3 is 2.63 bits per heavy atom. The van der Waals surface area contributed by atoms with Gasteiger partial charge >= 0.3 is 5.97 Å². The summed E-state index contributed by atoms with van der Waals surface area (Å²) < 4.78 is 26.4. The van der Waals surface area contributed by atoms with Gasteiger partial charge < -0.3 is 5.11 Å². The molecule has 7 heteroatoms. The monoisotopic (exact) mass is 301 g/mol. The molecule has 5 nitrogen and oxygen atoms in total. The molecule has 1 aliphatic rings. The number of hydrogen-bond donors (Lipinski definition) is 2. The van der Waals surface area contributed by atoms with Crippen LogP contribution in [0.3, 0.4) is 0 Å². The fourth-order valence-corrected chi connectivity index (χ4v) is 3.04. The molecule has 0 amide bonds. The van der Waals surface area contributed by atoms with Gasteiger partial charge in [-0.3, -0.25) is 0 Å². The minimum Gasteiger partial charge on any atom is -0.478 e. The Kier molecular flexibility index (Phi) is 3.66. The minimum atomic E-state index is -3.67. The average molecular weight is 302 g/mol. The maximum absolute atomic E-state index is 12.0. The number of hydrogen-bond acceptors (Lipinski definition) is 3. The Bertz CT molecular complexity index is 654. The fourth-order valence-electron chi connectivity index (χ4n) is 1.60. The summed E-state index contributed by atoms with van der Waals surface area (Å²) in [4.78, 5) is 10.7. The predicted molar refractivity (Wildman–Crippen MR) is 70.8 cm³/mol. The lowest BCUT2D eigenvalue weighted by atomic mass is 10.2. The summed E-state index contributed by atoms with van der Waals surface area (Å²) in [7, 11) is -3.67. The number of nitrogens with one attached hydrogen (secondary N) is 1. The zero-order chi connectivity index (χ0) is 14.2. The molecule has 1 atom stereocenters. The molecule has 19 heavy (non-hydrogen) atoms. The summed E-state index contributed by atoms with van der Waals surface area (Å²) in [6.07, 6.45) is 0.835. The van der Waals surface area contributed by atoms with E-state index in [0.29, 0.717) is 6.54 Å². The molecule has 0 bridgehead atoms. The van der Waals surface area contributed by atoms with Crippen LogP contribution in [0.15, 0.2) is 35.2 Å². The van der Waals surface area contributed by atoms with Crippen LogP contribution in [-0.2, 0) is 10.0 Å². The third-order valence-corrected chi connectivity index (χ3v) is 4.66. The van der Waals surface area contributed by atoms with E-state index >= 15 is 0 Å². The van der Waals surface area contributed by atoms with Crippen LogP contribution in [0, 0.1) is 5.92 Å². The van der Waals surface area contributed by atoms with Gasteiger partial charge in [0.05, 0.1) is 15.5 Å². The zero-order valence-electron chi connectivity index (χ0n) is 9.89. The summed E-state index contributed by atoms with van der Waals surface area (Å²) in [5, 5.41) is 8.71. The quantitative estimate of drug-likeness (QED) is 0.814. The third kappa shape index (κ3) is 3.15. The molecule has 2 N–H and O–H groups in total. The first-order chi connectivity index (χ1) is 8.81. The summed E-state index contributed by atoms with van der Waals surface area (Å²) in [5.41, 5.74) is 0.901. The Labute approximate surface area is 115 Å². The maximum Gasteiger partial charge on any atom is 0.337 e. The Balaban J connectivity index is 2.18. The van der Waals surface area contributed by atoms with E-state index in [1.54, 1.807) is 0 Å². The van der Waals surface area contributed by atoms with Crippen molar-refractivity contribution < 1.29 is 18.3 Å². The van der Waals surface area contributed by atoms with Crippen molar-refractivity contribution in [2.45, 2.75) is 11.3 Å². The number of benzene rings is 1. The summed E-state index contributed by atoms with van der Waals surface area (Å²) in [5.74, 6) is -1.00. The molecule has 1 aliphatic carbocycles. The lowest BCUT2D eigenvalue weighted by Gasteiger charge is -2.07. The van der Waals surface area contributed by atoms with Gasteiger partial charge in [-0.15, -0.1) is 0 Å². The highest BCUT2D eigenvalue weighted by atomic mass is 35.5. The normalized spacial score (nSPS) is 18.4. The second-order valence-corrected chi connectivity index (χ2v) is 6.53. The Morgan fingerprint density at radius 1 is 1.53 bits per heavy atom. The van der Waals surface area contributed by atoms with Gasteiger partial charge in [0, 0.05) is 6.54 Å². The van der Waals surface area contributed by atoms with E-state index in [9.17, 15) is 13.2 Å². The van der Waals surface area contributed by atoms with Crippen molar-refractivity contribution in [3.63, 3.8) is 0 Å². The highest BCUT2D eigenvalue weighted by molar-refractivity contribution is 7.89. The van der Waals surface area contributed by atoms with Crippen LogP contribution in [-0.4, -0.2) is 26.0 Å². The van der Waals surface area contributed by atoms with E-state index in [0.717, 1.165) is 18.1 Å².